The molecule has 0 aliphatic heterocycles. The van der Waals surface area contributed by atoms with Crippen molar-refractivity contribution in [2.45, 2.75) is 13.2 Å². The maximum Gasteiger partial charge on any atom is 0.127 e. The molecule has 4 heteroatoms. The molecule has 0 saturated carbocycles. The van der Waals surface area contributed by atoms with Gasteiger partial charge < -0.3 is 15.2 Å². The van der Waals surface area contributed by atoms with E-state index in [1.807, 2.05) is 30.3 Å². The Hall–Kier alpha value is -2.07. The highest BCUT2D eigenvalue weighted by atomic mass is 16.5. The largest absolute Gasteiger partial charge is 0.497 e. The molecule has 2 rings (SSSR count). The fourth-order valence-corrected chi connectivity index (χ4v) is 1.59. The zero-order valence-corrected chi connectivity index (χ0v) is 10.3. The molecule has 0 radical (unpaired) electrons. The van der Waals surface area contributed by atoms with Crippen LogP contribution in [0.1, 0.15) is 11.1 Å². The summed E-state index contributed by atoms with van der Waals surface area (Å²) in [5.74, 6) is 1.62. The predicted octanol–water partition coefficient (Wildman–Crippen LogP) is 2.13. The summed E-state index contributed by atoms with van der Waals surface area (Å²) >= 11 is 0. The lowest BCUT2D eigenvalue weighted by atomic mass is 10.2. The average Bonchev–Trinajstić information content (AvgIpc) is 2.46. The second-order valence-electron chi connectivity index (χ2n) is 3.82. The second kappa shape index (κ2) is 6.02. The summed E-state index contributed by atoms with van der Waals surface area (Å²) in [5.41, 5.74) is 7.61. The van der Waals surface area contributed by atoms with Crippen molar-refractivity contribution in [3.05, 3.63) is 53.9 Å². The van der Waals surface area contributed by atoms with E-state index in [0.29, 0.717) is 13.2 Å². The number of hydrogen-bond donors (Lipinski definition) is 1. The van der Waals surface area contributed by atoms with Crippen molar-refractivity contribution >= 4 is 0 Å². The Balaban J connectivity index is 2.02. The lowest BCUT2D eigenvalue weighted by Gasteiger charge is -2.10. The fourth-order valence-electron chi connectivity index (χ4n) is 1.59. The van der Waals surface area contributed by atoms with Gasteiger partial charge >= 0.3 is 0 Å². The van der Waals surface area contributed by atoms with Crippen molar-refractivity contribution in [2.75, 3.05) is 7.11 Å². The van der Waals surface area contributed by atoms with Crippen molar-refractivity contribution in [2.24, 2.45) is 5.73 Å². The molecule has 2 aromatic rings. The molecule has 1 aromatic carbocycles. The van der Waals surface area contributed by atoms with E-state index >= 15 is 0 Å². The number of nitrogens with two attached hydrogens (primary N) is 1. The number of nitrogens with zero attached hydrogens (tertiary/aromatic N) is 1. The molecular formula is C14H16N2O2. The van der Waals surface area contributed by atoms with Crippen LogP contribution in [0.2, 0.25) is 0 Å². The van der Waals surface area contributed by atoms with Crippen LogP contribution in [0, 0.1) is 0 Å². The van der Waals surface area contributed by atoms with Gasteiger partial charge in [-0.3, -0.25) is 4.98 Å². The van der Waals surface area contributed by atoms with Gasteiger partial charge in [0.2, 0.25) is 0 Å². The van der Waals surface area contributed by atoms with Gasteiger partial charge in [-0.25, -0.2) is 0 Å². The number of aromatic nitrogens is 1. The van der Waals surface area contributed by atoms with Gasteiger partial charge in [0.05, 0.1) is 7.11 Å². The van der Waals surface area contributed by atoms with Crippen molar-refractivity contribution in [3.8, 4) is 11.5 Å². The molecule has 0 spiro atoms. The molecule has 0 saturated heterocycles. The summed E-state index contributed by atoms with van der Waals surface area (Å²) in [6, 6.07) is 9.60. The monoisotopic (exact) mass is 244 g/mol. The van der Waals surface area contributed by atoms with E-state index in [-0.39, 0.29) is 0 Å². The third kappa shape index (κ3) is 2.99. The van der Waals surface area contributed by atoms with Gasteiger partial charge in [-0.05, 0) is 23.8 Å². The first-order chi connectivity index (χ1) is 8.83. The predicted molar refractivity (Wildman–Crippen MR) is 69.5 cm³/mol. The van der Waals surface area contributed by atoms with Crippen LogP contribution in [-0.4, -0.2) is 12.1 Å². The van der Waals surface area contributed by atoms with Gasteiger partial charge in [0.1, 0.15) is 18.1 Å². The third-order valence-electron chi connectivity index (χ3n) is 2.63. The lowest BCUT2D eigenvalue weighted by Crippen LogP contribution is -2.03. The third-order valence-corrected chi connectivity index (χ3v) is 2.63. The van der Waals surface area contributed by atoms with Crippen molar-refractivity contribution in [3.63, 3.8) is 0 Å². The normalized spacial score (nSPS) is 10.1. The van der Waals surface area contributed by atoms with Crippen LogP contribution in [0.15, 0.2) is 42.7 Å². The molecule has 0 amide bonds. The Kier molecular flexibility index (Phi) is 4.15. The Morgan fingerprint density at radius 1 is 1.17 bits per heavy atom. The summed E-state index contributed by atoms with van der Waals surface area (Å²) in [5, 5.41) is 0. The molecule has 0 fully saturated rings. The first kappa shape index (κ1) is 12.4. The van der Waals surface area contributed by atoms with Crippen molar-refractivity contribution < 1.29 is 9.47 Å². The Bertz CT molecular complexity index is 497. The smallest absolute Gasteiger partial charge is 0.127 e. The lowest BCUT2D eigenvalue weighted by molar-refractivity contribution is 0.302. The summed E-state index contributed by atoms with van der Waals surface area (Å²) in [6.07, 6.45) is 3.42. The van der Waals surface area contributed by atoms with Gasteiger partial charge in [0.15, 0.2) is 0 Å². The summed E-state index contributed by atoms with van der Waals surface area (Å²) in [4.78, 5) is 4.02. The van der Waals surface area contributed by atoms with Crippen LogP contribution in [0.4, 0.5) is 0 Å². The molecule has 4 nitrogen and oxygen atoms in total. The Morgan fingerprint density at radius 3 is 2.61 bits per heavy atom. The molecule has 0 aliphatic rings. The first-order valence-electron chi connectivity index (χ1n) is 5.72. The van der Waals surface area contributed by atoms with E-state index < -0.39 is 0 Å². The standard InChI is InChI=1S/C14H16N2O2/c1-17-13-4-2-11(3-5-13)10-18-14-6-7-16-9-12(14)8-15/h2-7,9H,8,10,15H2,1H3. The minimum Gasteiger partial charge on any atom is -0.497 e. The summed E-state index contributed by atoms with van der Waals surface area (Å²) in [6.45, 7) is 0.923. The maximum absolute atomic E-state index is 5.73. The number of rotatable bonds is 5. The molecule has 0 atom stereocenters. The minimum absolute atomic E-state index is 0.422. The second-order valence-corrected chi connectivity index (χ2v) is 3.82. The number of methoxy groups -OCH3 is 1. The van der Waals surface area contributed by atoms with E-state index in [0.717, 1.165) is 22.6 Å². The summed E-state index contributed by atoms with van der Waals surface area (Å²) in [7, 11) is 1.65. The highest BCUT2D eigenvalue weighted by molar-refractivity contribution is 5.31. The SMILES string of the molecule is COc1ccc(COc2ccncc2CN)cc1. The zero-order valence-electron chi connectivity index (χ0n) is 10.3. The quantitative estimate of drug-likeness (QED) is 0.875. The zero-order chi connectivity index (χ0) is 12.8. The molecule has 18 heavy (non-hydrogen) atoms. The van der Waals surface area contributed by atoms with Gasteiger partial charge in [0, 0.05) is 24.5 Å². The summed E-state index contributed by atoms with van der Waals surface area (Å²) < 4.78 is 10.8. The van der Waals surface area contributed by atoms with Crippen LogP contribution < -0.4 is 15.2 Å². The van der Waals surface area contributed by atoms with E-state index in [4.69, 9.17) is 15.2 Å². The van der Waals surface area contributed by atoms with Crippen molar-refractivity contribution in [1.29, 1.82) is 0 Å². The molecule has 2 N–H and O–H groups in total. The highest BCUT2D eigenvalue weighted by Gasteiger charge is 2.02. The number of ether oxygens (including phenoxy) is 2. The highest BCUT2D eigenvalue weighted by Crippen LogP contribution is 2.18. The van der Waals surface area contributed by atoms with Gasteiger partial charge in [-0.15, -0.1) is 0 Å². The molecule has 1 aromatic heterocycles. The van der Waals surface area contributed by atoms with Crippen LogP contribution in [0.3, 0.4) is 0 Å². The maximum atomic E-state index is 5.73. The molecular weight excluding hydrogens is 228 g/mol. The molecule has 1 heterocycles. The number of benzene rings is 1. The van der Waals surface area contributed by atoms with Crippen LogP contribution in [-0.2, 0) is 13.2 Å². The first-order valence-corrected chi connectivity index (χ1v) is 5.72. The number of hydrogen-bond acceptors (Lipinski definition) is 4. The molecule has 94 valence electrons. The van der Waals surface area contributed by atoms with E-state index in [2.05, 4.69) is 4.98 Å². The van der Waals surface area contributed by atoms with Gasteiger partial charge in [-0.1, -0.05) is 12.1 Å². The minimum atomic E-state index is 0.422. The van der Waals surface area contributed by atoms with E-state index in [1.54, 1.807) is 19.5 Å². The van der Waals surface area contributed by atoms with Crippen molar-refractivity contribution in [1.82, 2.24) is 4.98 Å². The van der Waals surface area contributed by atoms with Crippen LogP contribution in [0.25, 0.3) is 0 Å². The van der Waals surface area contributed by atoms with Gasteiger partial charge in [-0.2, -0.15) is 0 Å². The average molecular weight is 244 g/mol. The Labute approximate surface area is 106 Å². The van der Waals surface area contributed by atoms with Crippen LogP contribution in [0.5, 0.6) is 11.5 Å². The molecule has 0 bridgehead atoms. The van der Waals surface area contributed by atoms with E-state index in [1.165, 1.54) is 0 Å². The number of pyridine rings is 1. The van der Waals surface area contributed by atoms with E-state index in [9.17, 15) is 0 Å². The van der Waals surface area contributed by atoms with Crippen LogP contribution >= 0.6 is 0 Å². The molecule has 0 unspecified atom stereocenters. The fraction of sp³-hybridized carbons (Fsp3) is 0.214. The Morgan fingerprint density at radius 2 is 1.94 bits per heavy atom. The van der Waals surface area contributed by atoms with Gasteiger partial charge in [0.25, 0.3) is 0 Å². The topological polar surface area (TPSA) is 57.4 Å². The molecule has 0 aliphatic carbocycles.